The SMILES string of the molecule is CC1CN(C(=O)C2CCCN(C(=O)Nc3ccccc3F)C2)CCN1.Cl. The second-order valence-corrected chi connectivity index (χ2v) is 6.83. The number of urea groups is 1. The molecule has 0 spiro atoms. The van der Waals surface area contributed by atoms with E-state index in [2.05, 4.69) is 17.6 Å². The maximum atomic E-state index is 13.7. The van der Waals surface area contributed by atoms with Crippen LogP contribution in [0.15, 0.2) is 24.3 Å². The molecule has 0 radical (unpaired) electrons. The molecule has 2 aliphatic rings. The molecule has 6 nitrogen and oxygen atoms in total. The number of nitrogens with one attached hydrogen (secondary N) is 2. The Morgan fingerprint density at radius 3 is 2.69 bits per heavy atom. The monoisotopic (exact) mass is 384 g/mol. The van der Waals surface area contributed by atoms with Gasteiger partial charge in [0.05, 0.1) is 11.6 Å². The third-order valence-electron chi connectivity index (χ3n) is 4.85. The maximum Gasteiger partial charge on any atom is 0.321 e. The molecule has 2 unspecified atom stereocenters. The molecule has 0 aromatic heterocycles. The first kappa shape index (κ1) is 20.5. The minimum absolute atomic E-state index is 0. The van der Waals surface area contributed by atoms with Gasteiger partial charge in [0.15, 0.2) is 0 Å². The number of carbonyl (C=O) groups excluding carboxylic acids is 2. The molecule has 0 saturated carbocycles. The van der Waals surface area contributed by atoms with E-state index in [0.29, 0.717) is 32.2 Å². The minimum atomic E-state index is -0.463. The molecule has 3 rings (SSSR count). The zero-order valence-corrected chi connectivity index (χ0v) is 15.7. The number of piperidine rings is 1. The third kappa shape index (κ3) is 4.86. The number of para-hydroxylation sites is 1. The number of hydrogen-bond acceptors (Lipinski definition) is 3. The van der Waals surface area contributed by atoms with Crippen molar-refractivity contribution in [2.24, 2.45) is 5.92 Å². The van der Waals surface area contributed by atoms with Crippen LogP contribution in [0.3, 0.4) is 0 Å². The summed E-state index contributed by atoms with van der Waals surface area (Å²) >= 11 is 0. The Balaban J connectivity index is 0.00000243. The number of piperazine rings is 1. The summed E-state index contributed by atoms with van der Waals surface area (Å²) in [5.41, 5.74) is 0.164. The highest BCUT2D eigenvalue weighted by atomic mass is 35.5. The van der Waals surface area contributed by atoms with Crippen LogP contribution in [-0.2, 0) is 4.79 Å². The van der Waals surface area contributed by atoms with Gasteiger partial charge in [-0.25, -0.2) is 9.18 Å². The number of nitrogens with zero attached hydrogens (tertiary/aromatic N) is 2. The van der Waals surface area contributed by atoms with Crippen molar-refractivity contribution in [1.29, 1.82) is 0 Å². The Morgan fingerprint density at radius 1 is 1.19 bits per heavy atom. The van der Waals surface area contributed by atoms with Crippen LogP contribution in [0.4, 0.5) is 14.9 Å². The maximum absolute atomic E-state index is 13.7. The Labute approximate surface area is 159 Å². The predicted molar refractivity (Wildman–Crippen MR) is 101 cm³/mol. The molecule has 2 N–H and O–H groups in total. The highest BCUT2D eigenvalue weighted by molar-refractivity contribution is 5.90. The van der Waals surface area contributed by atoms with E-state index >= 15 is 0 Å². The summed E-state index contributed by atoms with van der Waals surface area (Å²) in [5.74, 6) is -0.516. The number of anilines is 1. The van der Waals surface area contributed by atoms with E-state index in [0.717, 1.165) is 19.4 Å². The second-order valence-electron chi connectivity index (χ2n) is 6.83. The van der Waals surface area contributed by atoms with Gasteiger partial charge in [-0.3, -0.25) is 4.79 Å². The van der Waals surface area contributed by atoms with Gasteiger partial charge in [0, 0.05) is 38.8 Å². The second kappa shape index (κ2) is 9.19. The topological polar surface area (TPSA) is 64.7 Å². The van der Waals surface area contributed by atoms with E-state index in [1.165, 1.54) is 12.1 Å². The van der Waals surface area contributed by atoms with E-state index < -0.39 is 5.82 Å². The van der Waals surface area contributed by atoms with Gasteiger partial charge in [-0.2, -0.15) is 0 Å². The molecular formula is C18H26ClFN4O2. The molecule has 2 heterocycles. The van der Waals surface area contributed by atoms with Crippen LogP contribution in [0.5, 0.6) is 0 Å². The molecule has 2 saturated heterocycles. The molecule has 0 aliphatic carbocycles. The van der Waals surface area contributed by atoms with Crippen molar-refractivity contribution >= 4 is 30.0 Å². The fourth-order valence-electron chi connectivity index (χ4n) is 3.51. The van der Waals surface area contributed by atoms with Crippen LogP contribution in [0.2, 0.25) is 0 Å². The average Bonchev–Trinajstić information content (AvgIpc) is 2.63. The van der Waals surface area contributed by atoms with Crippen LogP contribution in [0.25, 0.3) is 0 Å². The molecular weight excluding hydrogens is 359 g/mol. The number of rotatable bonds is 2. The fourth-order valence-corrected chi connectivity index (χ4v) is 3.51. The Hall–Kier alpha value is -1.86. The summed E-state index contributed by atoms with van der Waals surface area (Å²) in [4.78, 5) is 28.7. The van der Waals surface area contributed by atoms with Gasteiger partial charge in [0.1, 0.15) is 5.82 Å². The van der Waals surface area contributed by atoms with Crippen molar-refractivity contribution in [2.45, 2.75) is 25.8 Å². The van der Waals surface area contributed by atoms with Crippen molar-refractivity contribution in [3.8, 4) is 0 Å². The van der Waals surface area contributed by atoms with Gasteiger partial charge in [-0.05, 0) is 31.9 Å². The van der Waals surface area contributed by atoms with Gasteiger partial charge in [-0.15, -0.1) is 12.4 Å². The quantitative estimate of drug-likeness (QED) is 0.822. The Bertz CT molecular complexity index is 645. The molecule has 2 aliphatic heterocycles. The lowest BCUT2D eigenvalue weighted by Crippen LogP contribution is -2.55. The van der Waals surface area contributed by atoms with E-state index in [-0.39, 0.29) is 36.0 Å². The molecule has 8 heteroatoms. The Morgan fingerprint density at radius 2 is 1.96 bits per heavy atom. The largest absolute Gasteiger partial charge is 0.340 e. The first-order valence-corrected chi connectivity index (χ1v) is 8.87. The van der Waals surface area contributed by atoms with E-state index in [1.807, 2.05) is 4.90 Å². The summed E-state index contributed by atoms with van der Waals surface area (Å²) in [6, 6.07) is 6.03. The van der Waals surface area contributed by atoms with Crippen LogP contribution in [0, 0.1) is 11.7 Å². The van der Waals surface area contributed by atoms with E-state index in [4.69, 9.17) is 0 Å². The minimum Gasteiger partial charge on any atom is -0.340 e. The zero-order chi connectivity index (χ0) is 17.8. The van der Waals surface area contributed by atoms with Crippen molar-refractivity contribution in [3.05, 3.63) is 30.1 Å². The predicted octanol–water partition coefficient (Wildman–Crippen LogP) is 2.31. The molecule has 1 aromatic rings. The molecule has 3 amide bonds. The van der Waals surface area contributed by atoms with Crippen LogP contribution >= 0.6 is 12.4 Å². The molecule has 144 valence electrons. The third-order valence-corrected chi connectivity index (χ3v) is 4.85. The summed E-state index contributed by atoms with van der Waals surface area (Å²) in [6.07, 6.45) is 1.57. The summed E-state index contributed by atoms with van der Waals surface area (Å²) in [5, 5.41) is 5.93. The van der Waals surface area contributed by atoms with Crippen LogP contribution in [0.1, 0.15) is 19.8 Å². The van der Waals surface area contributed by atoms with Gasteiger partial charge in [-0.1, -0.05) is 12.1 Å². The van der Waals surface area contributed by atoms with Crippen LogP contribution in [-0.4, -0.2) is 60.5 Å². The number of amides is 3. The lowest BCUT2D eigenvalue weighted by Gasteiger charge is -2.38. The average molecular weight is 385 g/mol. The smallest absolute Gasteiger partial charge is 0.321 e. The van der Waals surface area contributed by atoms with E-state index in [9.17, 15) is 14.0 Å². The van der Waals surface area contributed by atoms with Gasteiger partial charge in [0.2, 0.25) is 5.91 Å². The van der Waals surface area contributed by atoms with Gasteiger partial charge >= 0.3 is 6.03 Å². The standard InChI is InChI=1S/C18H25FN4O2.ClH/c1-13-11-22(10-8-20-13)17(24)14-5-4-9-23(12-14)18(25)21-16-7-3-2-6-15(16)19;/h2-3,6-7,13-14,20H,4-5,8-12H2,1H3,(H,21,25);1H. The first-order chi connectivity index (χ1) is 12.0. The molecule has 26 heavy (non-hydrogen) atoms. The zero-order valence-electron chi connectivity index (χ0n) is 14.9. The molecule has 0 bridgehead atoms. The highest BCUT2D eigenvalue weighted by Gasteiger charge is 2.32. The first-order valence-electron chi connectivity index (χ1n) is 8.87. The summed E-state index contributed by atoms with van der Waals surface area (Å²) in [7, 11) is 0. The summed E-state index contributed by atoms with van der Waals surface area (Å²) in [6.45, 7) is 5.25. The number of hydrogen-bond donors (Lipinski definition) is 2. The van der Waals surface area contributed by atoms with E-state index in [1.54, 1.807) is 17.0 Å². The number of benzene rings is 1. The lowest BCUT2D eigenvalue weighted by atomic mass is 9.96. The van der Waals surface area contributed by atoms with Crippen molar-refractivity contribution in [3.63, 3.8) is 0 Å². The molecule has 2 fully saturated rings. The normalized spacial score (nSPS) is 23.2. The molecule has 1 aromatic carbocycles. The van der Waals surface area contributed by atoms with Crippen LogP contribution < -0.4 is 10.6 Å². The van der Waals surface area contributed by atoms with Gasteiger partial charge in [0.25, 0.3) is 0 Å². The fraction of sp³-hybridized carbons (Fsp3) is 0.556. The molecule has 2 atom stereocenters. The van der Waals surface area contributed by atoms with Gasteiger partial charge < -0.3 is 20.4 Å². The number of likely N-dealkylation sites (tertiary alicyclic amines) is 1. The number of halogens is 2. The number of carbonyl (C=O) groups is 2. The van der Waals surface area contributed by atoms with Crippen molar-refractivity contribution < 1.29 is 14.0 Å². The summed E-state index contributed by atoms with van der Waals surface area (Å²) < 4.78 is 13.7. The van der Waals surface area contributed by atoms with Crippen molar-refractivity contribution in [1.82, 2.24) is 15.1 Å². The lowest BCUT2D eigenvalue weighted by molar-refractivity contribution is -0.138. The highest BCUT2D eigenvalue weighted by Crippen LogP contribution is 2.21. The van der Waals surface area contributed by atoms with Crippen molar-refractivity contribution in [2.75, 3.05) is 38.0 Å². The Kier molecular flexibility index (Phi) is 7.23.